The zero-order valence-corrected chi connectivity index (χ0v) is 10.6. The van der Waals surface area contributed by atoms with Gasteiger partial charge in [-0.2, -0.15) is 0 Å². The molecular formula is C13H20N2O2. The van der Waals surface area contributed by atoms with E-state index in [0.717, 1.165) is 12.0 Å². The quantitative estimate of drug-likeness (QED) is 0.742. The molecule has 1 unspecified atom stereocenters. The highest BCUT2D eigenvalue weighted by molar-refractivity contribution is 5.96. The molecule has 0 heterocycles. The van der Waals surface area contributed by atoms with Crippen molar-refractivity contribution in [3.8, 4) is 5.75 Å². The van der Waals surface area contributed by atoms with E-state index in [4.69, 9.17) is 5.73 Å². The third-order valence-corrected chi connectivity index (χ3v) is 3.10. The number of hydrogen-bond donors (Lipinski definition) is 3. The zero-order chi connectivity index (χ0) is 13.1. The molecule has 1 aromatic rings. The van der Waals surface area contributed by atoms with Crippen LogP contribution in [0, 0.1) is 6.92 Å². The number of phenols is 1. The molecule has 0 bridgehead atoms. The third-order valence-electron chi connectivity index (χ3n) is 3.10. The van der Waals surface area contributed by atoms with Gasteiger partial charge < -0.3 is 16.2 Å². The van der Waals surface area contributed by atoms with Crippen LogP contribution in [0.1, 0.15) is 36.2 Å². The summed E-state index contributed by atoms with van der Waals surface area (Å²) in [6.45, 7) is 6.09. The van der Waals surface area contributed by atoms with Crippen LogP contribution in [0.3, 0.4) is 0 Å². The van der Waals surface area contributed by atoms with E-state index >= 15 is 0 Å². The predicted octanol–water partition coefficient (Wildman–Crippen LogP) is 1.56. The lowest BCUT2D eigenvalue weighted by Crippen LogP contribution is -2.51. The number of aromatic hydroxyl groups is 1. The summed E-state index contributed by atoms with van der Waals surface area (Å²) in [6.07, 6.45) is 0.770. The second-order valence-corrected chi connectivity index (χ2v) is 4.57. The van der Waals surface area contributed by atoms with Gasteiger partial charge in [0.15, 0.2) is 0 Å². The summed E-state index contributed by atoms with van der Waals surface area (Å²) in [5, 5.41) is 12.2. The van der Waals surface area contributed by atoms with E-state index in [9.17, 15) is 9.90 Å². The minimum atomic E-state index is -0.387. The number of carbonyl (C=O) groups is 1. The number of amides is 1. The molecule has 0 spiro atoms. The minimum Gasteiger partial charge on any atom is -0.508 e. The first-order valence-electron chi connectivity index (χ1n) is 5.74. The lowest BCUT2D eigenvalue weighted by atomic mass is 9.98. The highest BCUT2D eigenvalue weighted by Crippen LogP contribution is 2.17. The molecule has 0 radical (unpaired) electrons. The maximum atomic E-state index is 12.1. The molecule has 4 heteroatoms. The summed E-state index contributed by atoms with van der Waals surface area (Å²) >= 11 is 0. The first-order chi connectivity index (χ1) is 7.91. The van der Waals surface area contributed by atoms with Gasteiger partial charge in [-0.05, 0) is 44.0 Å². The van der Waals surface area contributed by atoms with Crippen LogP contribution in [-0.4, -0.2) is 23.1 Å². The molecule has 94 valence electrons. The highest BCUT2D eigenvalue weighted by atomic mass is 16.3. The molecule has 4 N–H and O–H groups in total. The standard InChI is InChI=1S/C13H20N2O2/c1-4-13(3,8-14)15-12(17)11-6-5-10(16)7-9(11)2/h5-7,16H,4,8,14H2,1-3H3,(H,15,17). The minimum absolute atomic E-state index is 0.155. The van der Waals surface area contributed by atoms with Crippen molar-refractivity contribution in [2.75, 3.05) is 6.54 Å². The van der Waals surface area contributed by atoms with Crippen LogP contribution in [0.5, 0.6) is 5.75 Å². The normalized spacial score (nSPS) is 14.1. The van der Waals surface area contributed by atoms with Crippen molar-refractivity contribution in [3.05, 3.63) is 29.3 Å². The van der Waals surface area contributed by atoms with Crippen molar-refractivity contribution in [1.82, 2.24) is 5.32 Å². The number of phenolic OH excluding ortho intramolecular Hbond substituents is 1. The summed E-state index contributed by atoms with van der Waals surface area (Å²) in [5.41, 5.74) is 6.58. The number of nitrogens with two attached hydrogens (primary N) is 1. The number of hydrogen-bond acceptors (Lipinski definition) is 3. The van der Waals surface area contributed by atoms with E-state index in [2.05, 4.69) is 5.32 Å². The van der Waals surface area contributed by atoms with Crippen LogP contribution in [-0.2, 0) is 0 Å². The van der Waals surface area contributed by atoms with Crippen molar-refractivity contribution >= 4 is 5.91 Å². The molecule has 0 fully saturated rings. The third kappa shape index (κ3) is 3.20. The topological polar surface area (TPSA) is 75.3 Å². The Bertz CT molecular complexity index is 412. The van der Waals surface area contributed by atoms with Crippen LogP contribution in [0.4, 0.5) is 0 Å². The van der Waals surface area contributed by atoms with Gasteiger partial charge in [-0.25, -0.2) is 0 Å². The van der Waals surface area contributed by atoms with E-state index in [0.29, 0.717) is 12.1 Å². The molecular weight excluding hydrogens is 216 g/mol. The van der Waals surface area contributed by atoms with E-state index in [1.54, 1.807) is 19.1 Å². The van der Waals surface area contributed by atoms with E-state index < -0.39 is 0 Å². The van der Waals surface area contributed by atoms with Crippen LogP contribution in [0.15, 0.2) is 18.2 Å². The van der Waals surface area contributed by atoms with Gasteiger partial charge >= 0.3 is 0 Å². The second-order valence-electron chi connectivity index (χ2n) is 4.57. The molecule has 0 aromatic heterocycles. The molecule has 4 nitrogen and oxygen atoms in total. The molecule has 0 saturated heterocycles. The number of aryl methyl sites for hydroxylation is 1. The van der Waals surface area contributed by atoms with Gasteiger partial charge in [-0.1, -0.05) is 6.92 Å². The molecule has 0 saturated carbocycles. The van der Waals surface area contributed by atoms with Crippen molar-refractivity contribution in [2.45, 2.75) is 32.7 Å². The Balaban J connectivity index is 2.90. The Labute approximate surface area is 102 Å². The second kappa shape index (κ2) is 5.19. The Morgan fingerprint density at radius 3 is 2.65 bits per heavy atom. The summed E-state index contributed by atoms with van der Waals surface area (Å²) in [4.78, 5) is 12.1. The predicted molar refractivity (Wildman–Crippen MR) is 68.1 cm³/mol. The largest absolute Gasteiger partial charge is 0.508 e. The molecule has 1 aromatic carbocycles. The highest BCUT2D eigenvalue weighted by Gasteiger charge is 2.23. The van der Waals surface area contributed by atoms with Crippen LogP contribution < -0.4 is 11.1 Å². The molecule has 1 amide bonds. The van der Waals surface area contributed by atoms with Gasteiger partial charge in [0.25, 0.3) is 5.91 Å². The fourth-order valence-electron chi connectivity index (χ4n) is 1.53. The van der Waals surface area contributed by atoms with Crippen molar-refractivity contribution in [1.29, 1.82) is 0 Å². The SMILES string of the molecule is CCC(C)(CN)NC(=O)c1ccc(O)cc1C. The number of rotatable bonds is 4. The monoisotopic (exact) mass is 236 g/mol. The lowest BCUT2D eigenvalue weighted by molar-refractivity contribution is 0.0906. The van der Waals surface area contributed by atoms with Gasteiger partial charge in [-0.15, -0.1) is 0 Å². The van der Waals surface area contributed by atoms with Gasteiger partial charge in [-0.3, -0.25) is 4.79 Å². The van der Waals surface area contributed by atoms with Crippen LogP contribution in [0.25, 0.3) is 0 Å². The Morgan fingerprint density at radius 2 is 2.18 bits per heavy atom. The van der Waals surface area contributed by atoms with Crippen molar-refractivity contribution in [3.63, 3.8) is 0 Å². The lowest BCUT2D eigenvalue weighted by Gasteiger charge is -2.28. The van der Waals surface area contributed by atoms with Crippen molar-refractivity contribution < 1.29 is 9.90 Å². The zero-order valence-electron chi connectivity index (χ0n) is 10.6. The Kier molecular flexibility index (Phi) is 4.12. The molecule has 17 heavy (non-hydrogen) atoms. The average molecular weight is 236 g/mol. The van der Waals surface area contributed by atoms with E-state index in [1.807, 2.05) is 13.8 Å². The summed E-state index contributed by atoms with van der Waals surface area (Å²) in [5.74, 6) is 0.00780. The Morgan fingerprint density at radius 1 is 1.53 bits per heavy atom. The van der Waals surface area contributed by atoms with Crippen LogP contribution in [0.2, 0.25) is 0 Å². The maximum Gasteiger partial charge on any atom is 0.252 e. The molecule has 1 rings (SSSR count). The average Bonchev–Trinajstić information content (AvgIpc) is 2.28. The van der Waals surface area contributed by atoms with Gasteiger partial charge in [0.1, 0.15) is 5.75 Å². The Hall–Kier alpha value is -1.55. The fraction of sp³-hybridized carbons (Fsp3) is 0.462. The van der Waals surface area contributed by atoms with Crippen molar-refractivity contribution in [2.24, 2.45) is 5.73 Å². The molecule has 1 atom stereocenters. The number of carbonyl (C=O) groups excluding carboxylic acids is 1. The summed E-state index contributed by atoms with van der Waals surface area (Å²) in [6, 6.07) is 4.70. The summed E-state index contributed by atoms with van der Waals surface area (Å²) < 4.78 is 0. The number of benzene rings is 1. The molecule has 0 aliphatic heterocycles. The van der Waals surface area contributed by atoms with Gasteiger partial charge in [0.05, 0.1) is 0 Å². The van der Waals surface area contributed by atoms with Gasteiger partial charge in [0.2, 0.25) is 0 Å². The summed E-state index contributed by atoms with van der Waals surface area (Å²) in [7, 11) is 0. The molecule has 0 aliphatic carbocycles. The maximum absolute atomic E-state index is 12.1. The first-order valence-corrected chi connectivity index (χ1v) is 5.74. The van der Waals surface area contributed by atoms with Crippen LogP contribution >= 0.6 is 0 Å². The smallest absolute Gasteiger partial charge is 0.252 e. The van der Waals surface area contributed by atoms with Gasteiger partial charge in [0, 0.05) is 17.6 Å². The van der Waals surface area contributed by atoms with E-state index in [-0.39, 0.29) is 17.2 Å². The molecule has 0 aliphatic rings. The fourth-order valence-corrected chi connectivity index (χ4v) is 1.53. The first kappa shape index (κ1) is 13.5. The van der Waals surface area contributed by atoms with E-state index in [1.165, 1.54) is 6.07 Å². The number of nitrogens with one attached hydrogen (secondary N) is 1.